The number of ether oxygens (including phenoxy) is 1. The van der Waals surface area contributed by atoms with Crippen molar-refractivity contribution >= 4 is 39.1 Å². The first-order valence-corrected chi connectivity index (χ1v) is 7.98. The molecule has 0 aliphatic carbocycles. The lowest BCUT2D eigenvalue weighted by atomic mass is 10.3. The molecule has 0 amide bonds. The molecular weight excluding hydrogens is 308 g/mol. The van der Waals surface area contributed by atoms with E-state index >= 15 is 0 Å². The molecule has 2 N–H and O–H groups in total. The largest absolute Gasteiger partial charge is 0.497 e. The molecule has 0 spiro atoms. The molecule has 0 fully saturated rings. The lowest BCUT2D eigenvalue weighted by Gasteiger charge is -2.09. The Morgan fingerprint density at radius 2 is 1.57 bits per heavy atom. The van der Waals surface area contributed by atoms with Crippen LogP contribution in [0.15, 0.2) is 53.4 Å². The standard InChI is InChI=1S/C14H14N2O3S2/c1-19-13-6-2-12(3-7-13)16-21(17,18)14-8-4-11(5-9-14)15-10-20/h2-10,16H,1H3,(H,15,20). The van der Waals surface area contributed by atoms with Gasteiger partial charge in [0.25, 0.3) is 10.0 Å². The molecule has 0 atom stereocenters. The highest BCUT2D eigenvalue weighted by atomic mass is 32.2. The Labute approximate surface area is 129 Å². The number of hydrogen-bond acceptors (Lipinski definition) is 4. The first-order valence-electron chi connectivity index (χ1n) is 6.02. The molecule has 5 nitrogen and oxygen atoms in total. The minimum Gasteiger partial charge on any atom is -0.497 e. The van der Waals surface area contributed by atoms with Crippen molar-refractivity contribution in [1.82, 2.24) is 0 Å². The molecule has 0 aliphatic heterocycles. The molecule has 7 heteroatoms. The van der Waals surface area contributed by atoms with Crippen molar-refractivity contribution in [3.05, 3.63) is 48.5 Å². The predicted molar refractivity (Wildman–Crippen MR) is 87.5 cm³/mol. The Hall–Kier alpha value is -2.12. The number of thiocarbonyl (C=S) groups is 1. The van der Waals surface area contributed by atoms with Crippen LogP contribution in [0.3, 0.4) is 0 Å². The fraction of sp³-hybridized carbons (Fsp3) is 0.0714. The van der Waals surface area contributed by atoms with Crippen LogP contribution in [-0.2, 0) is 10.0 Å². The lowest BCUT2D eigenvalue weighted by Crippen LogP contribution is -2.12. The number of methoxy groups -OCH3 is 1. The number of hydrogen-bond donors (Lipinski definition) is 2. The highest BCUT2D eigenvalue weighted by Gasteiger charge is 2.13. The van der Waals surface area contributed by atoms with E-state index in [4.69, 9.17) is 4.74 Å². The van der Waals surface area contributed by atoms with Crippen LogP contribution in [0, 0.1) is 0 Å². The van der Waals surface area contributed by atoms with E-state index in [9.17, 15) is 8.42 Å². The molecule has 0 radical (unpaired) electrons. The molecule has 0 aliphatic rings. The summed E-state index contributed by atoms with van der Waals surface area (Å²) in [5.74, 6) is 0.661. The van der Waals surface area contributed by atoms with Crippen LogP contribution in [0.4, 0.5) is 11.4 Å². The van der Waals surface area contributed by atoms with Crippen LogP contribution in [0.2, 0.25) is 0 Å². The fourth-order valence-electron chi connectivity index (χ4n) is 1.67. The van der Waals surface area contributed by atoms with E-state index in [1.165, 1.54) is 17.6 Å². The SMILES string of the molecule is COc1ccc(NS(=O)(=O)c2ccc(NC=S)cc2)cc1. The normalized spacial score (nSPS) is 10.7. The average molecular weight is 322 g/mol. The zero-order valence-corrected chi connectivity index (χ0v) is 12.9. The Morgan fingerprint density at radius 1 is 1.00 bits per heavy atom. The maximum atomic E-state index is 12.2. The summed E-state index contributed by atoms with van der Waals surface area (Å²) in [5.41, 5.74) is 2.56. The second-order valence-corrected chi connectivity index (χ2v) is 6.04. The quantitative estimate of drug-likeness (QED) is 0.801. The molecule has 0 saturated carbocycles. The molecule has 0 bridgehead atoms. The Bertz CT molecular complexity index is 711. The van der Waals surface area contributed by atoms with Crippen LogP contribution in [0.25, 0.3) is 0 Å². The third-order valence-electron chi connectivity index (χ3n) is 2.73. The van der Waals surface area contributed by atoms with Gasteiger partial charge in [-0.1, -0.05) is 12.2 Å². The Balaban J connectivity index is 2.18. The number of nitrogens with one attached hydrogen (secondary N) is 2. The number of anilines is 2. The van der Waals surface area contributed by atoms with Gasteiger partial charge in [-0.15, -0.1) is 0 Å². The molecule has 0 unspecified atom stereocenters. The summed E-state index contributed by atoms with van der Waals surface area (Å²) in [7, 11) is -2.07. The molecular formula is C14H14N2O3S2. The molecule has 2 aromatic carbocycles. The van der Waals surface area contributed by atoms with Crippen molar-refractivity contribution in [1.29, 1.82) is 0 Å². The molecule has 21 heavy (non-hydrogen) atoms. The van der Waals surface area contributed by atoms with E-state index in [1.54, 1.807) is 43.5 Å². The van der Waals surface area contributed by atoms with Gasteiger partial charge in [0.05, 0.1) is 17.5 Å². The third kappa shape index (κ3) is 3.93. The van der Waals surface area contributed by atoms with Crippen LogP contribution < -0.4 is 14.8 Å². The summed E-state index contributed by atoms with van der Waals surface area (Å²) in [6.07, 6.45) is 0. The van der Waals surface area contributed by atoms with Crippen LogP contribution in [-0.4, -0.2) is 21.0 Å². The molecule has 0 saturated heterocycles. The summed E-state index contributed by atoms with van der Waals surface area (Å²) in [6.45, 7) is 0. The zero-order chi connectivity index (χ0) is 15.3. The molecule has 2 rings (SSSR count). The van der Waals surface area contributed by atoms with Gasteiger partial charge in [-0.2, -0.15) is 0 Å². The van der Waals surface area contributed by atoms with Crippen LogP contribution >= 0.6 is 12.2 Å². The van der Waals surface area contributed by atoms with Gasteiger partial charge < -0.3 is 10.1 Å². The first-order chi connectivity index (χ1) is 10.0. The summed E-state index contributed by atoms with van der Waals surface area (Å²) in [6, 6.07) is 12.9. The summed E-state index contributed by atoms with van der Waals surface area (Å²) < 4.78 is 32.0. The smallest absolute Gasteiger partial charge is 0.261 e. The van der Waals surface area contributed by atoms with Gasteiger partial charge in [0.1, 0.15) is 5.75 Å². The molecule has 2 aromatic rings. The Morgan fingerprint density at radius 3 is 2.10 bits per heavy atom. The van der Waals surface area contributed by atoms with Crippen molar-refractivity contribution in [3.8, 4) is 5.75 Å². The van der Waals surface area contributed by atoms with Gasteiger partial charge in [-0.25, -0.2) is 8.42 Å². The summed E-state index contributed by atoms with van der Waals surface area (Å²) in [5, 5.41) is 2.81. The van der Waals surface area contributed by atoms with Gasteiger partial charge in [-0.05, 0) is 48.5 Å². The second kappa shape index (κ2) is 6.55. The molecule has 110 valence electrons. The minimum absolute atomic E-state index is 0.174. The summed E-state index contributed by atoms with van der Waals surface area (Å²) >= 11 is 4.67. The van der Waals surface area contributed by atoms with Crippen LogP contribution in [0.1, 0.15) is 0 Å². The molecule has 0 aromatic heterocycles. The maximum Gasteiger partial charge on any atom is 0.261 e. The Kier molecular flexibility index (Phi) is 4.77. The monoisotopic (exact) mass is 322 g/mol. The van der Waals surface area contributed by atoms with Crippen molar-refractivity contribution < 1.29 is 13.2 Å². The van der Waals surface area contributed by atoms with Gasteiger partial charge in [0, 0.05) is 11.4 Å². The van der Waals surface area contributed by atoms with Crippen LogP contribution in [0.5, 0.6) is 5.75 Å². The van der Waals surface area contributed by atoms with Crippen molar-refractivity contribution in [2.75, 3.05) is 17.1 Å². The van der Waals surface area contributed by atoms with E-state index < -0.39 is 10.0 Å². The molecule has 0 heterocycles. The number of benzene rings is 2. The fourth-order valence-corrected chi connectivity index (χ4v) is 2.87. The van der Waals surface area contributed by atoms with Gasteiger partial charge >= 0.3 is 0 Å². The van der Waals surface area contributed by atoms with Gasteiger partial charge in [0.15, 0.2) is 0 Å². The highest BCUT2D eigenvalue weighted by molar-refractivity contribution is 7.92. The topological polar surface area (TPSA) is 67.4 Å². The van der Waals surface area contributed by atoms with Gasteiger partial charge in [0.2, 0.25) is 0 Å². The summed E-state index contributed by atoms with van der Waals surface area (Å²) in [4.78, 5) is 0.174. The second-order valence-electron chi connectivity index (χ2n) is 4.12. The van der Waals surface area contributed by atoms with E-state index in [2.05, 4.69) is 22.3 Å². The number of sulfonamides is 1. The highest BCUT2D eigenvalue weighted by Crippen LogP contribution is 2.20. The maximum absolute atomic E-state index is 12.2. The van der Waals surface area contributed by atoms with E-state index in [-0.39, 0.29) is 4.90 Å². The van der Waals surface area contributed by atoms with Crippen molar-refractivity contribution in [2.45, 2.75) is 4.90 Å². The van der Waals surface area contributed by atoms with E-state index in [1.807, 2.05) is 0 Å². The zero-order valence-electron chi connectivity index (χ0n) is 11.2. The third-order valence-corrected chi connectivity index (χ3v) is 4.25. The van der Waals surface area contributed by atoms with E-state index in [0.29, 0.717) is 11.4 Å². The van der Waals surface area contributed by atoms with E-state index in [0.717, 1.165) is 5.69 Å². The number of rotatable bonds is 6. The average Bonchev–Trinajstić information content (AvgIpc) is 2.48. The predicted octanol–water partition coefficient (Wildman–Crippen LogP) is 2.87. The van der Waals surface area contributed by atoms with Crippen molar-refractivity contribution in [2.24, 2.45) is 0 Å². The minimum atomic E-state index is -3.62. The van der Waals surface area contributed by atoms with Crippen molar-refractivity contribution in [3.63, 3.8) is 0 Å². The lowest BCUT2D eigenvalue weighted by molar-refractivity contribution is 0.415. The van der Waals surface area contributed by atoms with Gasteiger partial charge in [-0.3, -0.25) is 4.72 Å². The first kappa shape index (κ1) is 15.3.